The average Bonchev–Trinajstić information content (AvgIpc) is 0.722. The maximum absolute atomic E-state index is 13.6. The molecule has 0 radical (unpaired) electrons. The van der Waals surface area contributed by atoms with E-state index in [9.17, 15) is 179 Å². The lowest BCUT2D eigenvalue weighted by atomic mass is 9.67. The van der Waals surface area contributed by atoms with Crippen molar-refractivity contribution >= 4 is 88.0 Å². The fourth-order valence-electron chi connectivity index (χ4n) is 13.6. The van der Waals surface area contributed by atoms with Crippen LogP contribution in [0.15, 0.2) is 90.1 Å². The Labute approximate surface area is 631 Å². The van der Waals surface area contributed by atoms with E-state index in [-0.39, 0.29) is 55.0 Å². The van der Waals surface area contributed by atoms with E-state index >= 15 is 0 Å². The molecule has 0 fully saturated rings. The summed E-state index contributed by atoms with van der Waals surface area (Å²) in [5, 5.41) is 237. The number of ketones is 6. The standard InChI is InChI=1S/C26H19NO12.C25H19NO13.C24H16O12/c1-8(28)27-5-4-9-2-3-12(29)10(6-9)15-22(33)19-18(24(35)23(15)34)20(31)11-7-13(30)16(25(36)37)17(26(38)39)14(11)21(19)32;26-9(23(34)35)4-6-1-2-10(27)7(3-6)13-20(31)17-16(22(33)21(13)32)18(29)8-5-11(28)14(24(36)37)15(25(38)39)12(8)19(17)30;25-4-3-7-1-2-10(26)8(5-7)13-20(30)17-16(22(32)21(13)31)18(28)9-6-11(27)14(23(33)34)15(24(35)36)12(9)19(17)29/h2-3,6-7,29-30,33-35H,4-5H2,1H3,(H,27,28)(H,36,37)(H,38,39);1-3,5,9,16-17,27-28,31-33H,4,26H2,(H,34,35)(H,36,37)(H,38,39);1-2,5-6,25-27,30-32H,3-4H2,(H,33,34)(H,35,36). The number of aromatic hydroxyl groups is 12. The molecule has 3 atom stereocenters. The highest BCUT2D eigenvalue weighted by atomic mass is 16.4. The summed E-state index contributed by atoms with van der Waals surface area (Å²) >= 11 is 0. The zero-order valence-corrected chi connectivity index (χ0v) is 57.3. The number of phenolic OH excluding ortho intramolecular Hbond substituents is 9. The van der Waals surface area contributed by atoms with Crippen LogP contribution in [0, 0.1) is 11.8 Å². The van der Waals surface area contributed by atoms with Crippen LogP contribution in [-0.4, -0.2) is 219 Å². The van der Waals surface area contributed by atoms with Gasteiger partial charge < -0.3 is 129 Å². The van der Waals surface area contributed by atoms with Gasteiger partial charge in [0, 0.05) is 70.1 Å². The number of nitrogens with two attached hydrogens (primary N) is 1. The van der Waals surface area contributed by atoms with Gasteiger partial charge in [-0.15, -0.1) is 0 Å². The highest BCUT2D eigenvalue weighted by Crippen LogP contribution is 2.56. The zero-order valence-electron chi connectivity index (χ0n) is 57.3. The molecule has 4 aliphatic carbocycles. The molecule has 0 aromatic heterocycles. The van der Waals surface area contributed by atoms with Gasteiger partial charge in [0.05, 0.1) is 61.6 Å². The number of fused-ring (bicyclic) bond motifs is 6. The molecular formula is C75H54N2O37. The van der Waals surface area contributed by atoms with Crippen molar-refractivity contribution in [1.29, 1.82) is 0 Å². The number of carbonyl (C=O) groups excluding carboxylic acids is 7. The molecular weight excluding hydrogens is 1520 g/mol. The number of hydrogen-bond acceptors (Lipinski definition) is 31. The Morgan fingerprint density at radius 3 is 1.09 bits per heavy atom. The van der Waals surface area contributed by atoms with Crippen molar-refractivity contribution in [3.8, 4) is 91.2 Å². The van der Waals surface area contributed by atoms with Crippen molar-refractivity contribution in [3.63, 3.8) is 0 Å². The molecule has 1 amide bonds. The number of carboxylic acid groups (broad SMARTS) is 7. The summed E-state index contributed by atoms with van der Waals surface area (Å²) in [5.74, 6) is -40.5. The van der Waals surface area contributed by atoms with Crippen molar-refractivity contribution in [2.24, 2.45) is 17.6 Å². The van der Waals surface area contributed by atoms with Gasteiger partial charge in [-0.2, -0.15) is 0 Å². The first-order valence-electron chi connectivity index (χ1n) is 32.2. The molecule has 114 heavy (non-hydrogen) atoms. The summed E-state index contributed by atoms with van der Waals surface area (Å²) in [4.78, 5) is 173. The van der Waals surface area contributed by atoms with E-state index in [1.54, 1.807) is 0 Å². The van der Waals surface area contributed by atoms with Crippen molar-refractivity contribution < 1.29 is 185 Å². The number of carbonyl (C=O) groups is 14. The molecule has 0 heterocycles. The molecule has 8 aromatic rings. The van der Waals surface area contributed by atoms with Gasteiger partial charge in [0.1, 0.15) is 86.2 Å². The third kappa shape index (κ3) is 13.2. The molecule has 0 bridgehead atoms. The van der Waals surface area contributed by atoms with Crippen LogP contribution >= 0.6 is 0 Å². The number of hydrogen-bond donors (Lipinski definition) is 25. The molecule has 3 unspecified atom stereocenters. The second-order valence-electron chi connectivity index (χ2n) is 25.3. The van der Waals surface area contributed by atoms with Gasteiger partial charge in [0.15, 0.2) is 63.5 Å². The van der Waals surface area contributed by atoms with E-state index in [4.69, 9.17) is 10.8 Å². The molecule has 0 saturated heterocycles. The maximum Gasteiger partial charge on any atom is 0.340 e. The van der Waals surface area contributed by atoms with Crippen LogP contribution < -0.4 is 11.1 Å². The lowest BCUT2D eigenvalue weighted by Crippen LogP contribution is -2.42. The summed E-state index contributed by atoms with van der Waals surface area (Å²) in [6, 6.07) is 11.5. The number of aliphatic hydroxyl groups excluding tert-OH is 4. The SMILES string of the molecule is CC(=O)NCCc1ccc(O)c(-c2c(O)c(O)c3c(c2O)C(=O)c2c(cc(O)c(C(=O)O)c2C(=O)O)C3=O)c1.NC(Cc1ccc(O)c(C2=C(O)C3C(=O)c4c(cc(O)c(C(=O)O)c4C(=O)O)C(=O)C3C(O)=C2O)c1)C(=O)O.O=C(O)c1c(O)cc2c(c1C(=O)O)C(=O)c1c(O)c(-c3cc(CCO)ccc3O)c(O)c(O)c1C2=O. The topological polar surface area (TPSA) is 742 Å². The van der Waals surface area contributed by atoms with E-state index in [2.05, 4.69) is 5.32 Å². The van der Waals surface area contributed by atoms with Gasteiger partial charge >= 0.3 is 41.8 Å². The van der Waals surface area contributed by atoms with E-state index in [0.29, 0.717) is 29.3 Å². The van der Waals surface area contributed by atoms with Crippen molar-refractivity contribution in [2.45, 2.75) is 32.2 Å². The molecule has 0 spiro atoms. The number of aliphatic carboxylic acids is 1. The van der Waals surface area contributed by atoms with E-state index in [1.165, 1.54) is 43.3 Å². The Kier molecular flexibility index (Phi) is 21.1. The predicted octanol–water partition coefficient (Wildman–Crippen LogP) is 4.69. The van der Waals surface area contributed by atoms with Crippen LogP contribution in [0.2, 0.25) is 0 Å². The lowest BCUT2D eigenvalue weighted by Gasteiger charge is -2.35. The molecule has 39 nitrogen and oxygen atoms in total. The smallest absolute Gasteiger partial charge is 0.340 e. The van der Waals surface area contributed by atoms with Crippen molar-refractivity contribution in [3.05, 3.63) is 201 Å². The molecule has 0 aliphatic heterocycles. The first-order valence-corrected chi connectivity index (χ1v) is 32.2. The second-order valence-corrected chi connectivity index (χ2v) is 25.3. The van der Waals surface area contributed by atoms with Crippen molar-refractivity contribution in [1.82, 2.24) is 5.32 Å². The first-order chi connectivity index (χ1) is 53.4. The first kappa shape index (κ1) is 80.5. The Bertz CT molecular complexity index is 5900. The van der Waals surface area contributed by atoms with Crippen LogP contribution in [0.1, 0.15) is 176 Å². The summed E-state index contributed by atoms with van der Waals surface area (Å²) in [6.07, 6.45) is 0.0624. The number of Topliss-reactive ketones (excluding diaryl/α,β-unsaturated/α-hetero) is 2. The summed E-state index contributed by atoms with van der Waals surface area (Å²) in [7, 11) is 0. The number of phenols is 12. The summed E-state index contributed by atoms with van der Waals surface area (Å²) < 4.78 is 0. The monoisotopic (exact) mass is 1570 g/mol. The van der Waals surface area contributed by atoms with Crippen LogP contribution in [0.25, 0.3) is 27.8 Å². The second kappa shape index (κ2) is 29.8. The predicted molar refractivity (Wildman–Crippen MR) is 375 cm³/mol. The van der Waals surface area contributed by atoms with Crippen LogP contribution in [-0.2, 0) is 28.9 Å². The Balaban J connectivity index is 0.000000181. The maximum atomic E-state index is 13.6. The minimum absolute atomic E-state index is 0.0972. The van der Waals surface area contributed by atoms with E-state index < -0.39 is 292 Å². The van der Waals surface area contributed by atoms with Gasteiger partial charge in [0.2, 0.25) is 5.91 Å². The molecule has 0 saturated carbocycles. The molecule has 8 aromatic carbocycles. The van der Waals surface area contributed by atoms with E-state index in [1.807, 2.05) is 0 Å². The number of carboxylic acids is 7. The molecule has 26 N–H and O–H groups in total. The highest BCUT2D eigenvalue weighted by molar-refractivity contribution is 6.36. The number of rotatable bonds is 17. The van der Waals surface area contributed by atoms with Gasteiger partial charge in [-0.3, -0.25) is 38.4 Å². The summed E-state index contributed by atoms with van der Waals surface area (Å²) in [6.45, 7) is 1.20. The largest absolute Gasteiger partial charge is 0.511 e. The number of allylic oxidation sites excluding steroid dienone is 3. The number of aliphatic hydroxyl groups is 4. The molecule has 12 rings (SSSR count). The van der Waals surface area contributed by atoms with Gasteiger partial charge in [-0.1, -0.05) is 18.2 Å². The lowest BCUT2D eigenvalue weighted by molar-refractivity contribution is -0.138. The minimum atomic E-state index is -2.07. The van der Waals surface area contributed by atoms with Crippen molar-refractivity contribution in [2.75, 3.05) is 13.2 Å². The number of aromatic carboxylic acids is 6. The van der Waals surface area contributed by atoms with Gasteiger partial charge in [-0.25, -0.2) is 28.8 Å². The number of benzene rings is 8. The summed E-state index contributed by atoms with van der Waals surface area (Å²) in [5.41, 5.74) is -12.6. The molecule has 39 heteroatoms. The minimum Gasteiger partial charge on any atom is -0.511 e. The van der Waals surface area contributed by atoms with E-state index in [0.717, 1.165) is 18.2 Å². The number of nitrogens with one attached hydrogen (secondary N) is 1. The highest BCUT2D eigenvalue weighted by Gasteiger charge is 2.54. The van der Waals surface area contributed by atoms with Crippen LogP contribution in [0.3, 0.4) is 0 Å². The van der Waals surface area contributed by atoms with Gasteiger partial charge in [0.25, 0.3) is 0 Å². The zero-order chi connectivity index (χ0) is 84.6. The fraction of sp³-hybridized carbons (Fsp3) is 0.120. The normalized spacial score (nSPS) is 14.6. The van der Waals surface area contributed by atoms with Gasteiger partial charge in [-0.05, 0) is 90.6 Å². The average molecular weight is 1580 g/mol. The third-order valence-electron chi connectivity index (χ3n) is 18.6. The molecule has 586 valence electrons. The Hall–Kier alpha value is -16.1. The molecule has 4 aliphatic rings. The number of amides is 1. The Morgan fingerprint density at radius 1 is 0.360 bits per heavy atom. The quantitative estimate of drug-likeness (QED) is 0.0434. The third-order valence-corrected chi connectivity index (χ3v) is 18.6. The van der Waals surface area contributed by atoms with Crippen LogP contribution in [0.4, 0.5) is 0 Å². The van der Waals surface area contributed by atoms with Crippen LogP contribution in [0.5, 0.6) is 69.0 Å². The fourth-order valence-corrected chi connectivity index (χ4v) is 13.6. The Morgan fingerprint density at radius 2 is 0.702 bits per heavy atom.